The van der Waals surface area contributed by atoms with Crippen LogP contribution in [-0.2, 0) is 13.3 Å². The largest absolute Gasteiger partial charge is 0.572 e. The van der Waals surface area contributed by atoms with E-state index in [2.05, 4.69) is 4.43 Å². The van der Waals surface area contributed by atoms with Crippen molar-refractivity contribution in [2.45, 2.75) is 13.8 Å². The second kappa shape index (κ2) is 6.17. The maximum Gasteiger partial charge on any atom is 0.572 e. The van der Waals surface area contributed by atoms with Crippen molar-refractivity contribution >= 4 is 8.80 Å². The molecular weight excluding hydrogens is 217 g/mol. The molecule has 0 saturated heterocycles. The van der Waals surface area contributed by atoms with Crippen LogP contribution in [0.2, 0.25) is 0 Å². The summed E-state index contributed by atoms with van der Waals surface area (Å²) in [5.41, 5.74) is -1.72. The van der Waals surface area contributed by atoms with Crippen LogP contribution in [0.5, 0.6) is 0 Å². The van der Waals surface area contributed by atoms with Crippen molar-refractivity contribution in [3.05, 3.63) is 11.5 Å². The van der Waals surface area contributed by atoms with Gasteiger partial charge in [-0.25, -0.2) is 4.39 Å². The van der Waals surface area contributed by atoms with Gasteiger partial charge in [0, 0.05) is 20.3 Å². The Bertz CT molecular complexity index is 200. The molecule has 7 heteroatoms. The van der Waals surface area contributed by atoms with Crippen LogP contribution in [0.3, 0.4) is 0 Å². The highest BCUT2D eigenvalue weighted by atomic mass is 28.4. The summed E-state index contributed by atoms with van der Waals surface area (Å²) in [6.07, 6.45) is -2.46. The van der Waals surface area contributed by atoms with Crippen LogP contribution in [0.15, 0.2) is 11.5 Å². The molecule has 0 N–H and O–H groups in total. The van der Waals surface area contributed by atoms with E-state index in [9.17, 15) is 13.2 Å². The molecule has 0 aliphatic heterocycles. The molecular formula is C7H13F3O3Si. The molecule has 0 atom stereocenters. The molecule has 0 aliphatic carbocycles. The zero-order chi connectivity index (χ0) is 11.2. The van der Waals surface area contributed by atoms with Crippen LogP contribution in [0, 0.1) is 0 Å². The van der Waals surface area contributed by atoms with E-state index in [1.807, 2.05) is 0 Å². The zero-order valence-corrected chi connectivity index (χ0v) is 9.27. The minimum absolute atomic E-state index is 0.0424. The van der Waals surface area contributed by atoms with Crippen LogP contribution in [0.1, 0.15) is 13.8 Å². The SMILES string of the molecule is CCO[Si](OC)(OCC)C(F)=C(F)F. The molecule has 3 nitrogen and oxygen atoms in total. The van der Waals surface area contributed by atoms with Gasteiger partial charge >= 0.3 is 14.9 Å². The van der Waals surface area contributed by atoms with Crippen molar-refractivity contribution in [1.29, 1.82) is 0 Å². The van der Waals surface area contributed by atoms with E-state index in [1.54, 1.807) is 13.8 Å². The molecule has 0 saturated carbocycles. The van der Waals surface area contributed by atoms with Gasteiger partial charge in [-0.3, -0.25) is 0 Å². The third-order valence-corrected chi connectivity index (χ3v) is 3.97. The lowest BCUT2D eigenvalue weighted by atomic mass is 10.9. The van der Waals surface area contributed by atoms with Gasteiger partial charge in [0.25, 0.3) is 0 Å². The van der Waals surface area contributed by atoms with Crippen molar-refractivity contribution in [3.8, 4) is 0 Å². The summed E-state index contributed by atoms with van der Waals surface area (Å²) in [5, 5.41) is 0. The second-order valence-corrected chi connectivity index (χ2v) is 4.74. The molecule has 84 valence electrons. The molecule has 0 aromatic carbocycles. The molecule has 0 aliphatic rings. The highest BCUT2D eigenvalue weighted by Gasteiger charge is 2.49. The molecule has 0 rings (SSSR count). The van der Waals surface area contributed by atoms with E-state index in [4.69, 9.17) is 8.85 Å². The van der Waals surface area contributed by atoms with Gasteiger partial charge < -0.3 is 13.3 Å². The lowest BCUT2D eigenvalue weighted by Crippen LogP contribution is -2.46. The Morgan fingerprint density at radius 2 is 1.50 bits per heavy atom. The van der Waals surface area contributed by atoms with Crippen LogP contribution in [0.25, 0.3) is 0 Å². The van der Waals surface area contributed by atoms with E-state index >= 15 is 0 Å². The van der Waals surface area contributed by atoms with E-state index in [-0.39, 0.29) is 13.2 Å². The smallest absolute Gasteiger partial charge is 0.372 e. The molecule has 14 heavy (non-hydrogen) atoms. The van der Waals surface area contributed by atoms with Gasteiger partial charge in [0.15, 0.2) is 0 Å². The number of hydrogen-bond acceptors (Lipinski definition) is 3. The average Bonchev–Trinajstić information content (AvgIpc) is 2.16. The molecule has 0 aromatic rings. The molecule has 0 unspecified atom stereocenters. The quantitative estimate of drug-likeness (QED) is 0.655. The van der Waals surface area contributed by atoms with Crippen molar-refractivity contribution in [3.63, 3.8) is 0 Å². The van der Waals surface area contributed by atoms with Crippen LogP contribution < -0.4 is 0 Å². The fraction of sp³-hybridized carbons (Fsp3) is 0.714. The first kappa shape index (κ1) is 13.6. The Morgan fingerprint density at radius 1 is 1.07 bits per heavy atom. The van der Waals surface area contributed by atoms with E-state index in [0.717, 1.165) is 7.11 Å². The summed E-state index contributed by atoms with van der Waals surface area (Å²) in [4.78, 5) is 0. The Hall–Kier alpha value is -0.373. The first-order valence-electron chi connectivity index (χ1n) is 4.08. The van der Waals surface area contributed by atoms with Crippen molar-refractivity contribution in [1.82, 2.24) is 0 Å². The molecule has 0 spiro atoms. The number of halogens is 3. The minimum Gasteiger partial charge on any atom is -0.372 e. The minimum atomic E-state index is -3.97. The Labute approximate surface area is 81.8 Å². The van der Waals surface area contributed by atoms with Gasteiger partial charge in [0.1, 0.15) is 0 Å². The van der Waals surface area contributed by atoms with E-state index in [1.165, 1.54) is 0 Å². The summed E-state index contributed by atoms with van der Waals surface area (Å²) < 4.78 is 51.4. The summed E-state index contributed by atoms with van der Waals surface area (Å²) in [6, 6.07) is 0. The monoisotopic (exact) mass is 230 g/mol. The molecule has 0 amide bonds. The summed E-state index contributed by atoms with van der Waals surface area (Å²) in [6.45, 7) is 3.17. The normalized spacial score (nSPS) is 11.6. The van der Waals surface area contributed by atoms with Gasteiger partial charge in [-0.15, -0.1) is 0 Å². The summed E-state index contributed by atoms with van der Waals surface area (Å²) >= 11 is 0. The molecule has 0 aromatic heterocycles. The van der Waals surface area contributed by atoms with Crippen molar-refractivity contribution in [2.24, 2.45) is 0 Å². The maximum atomic E-state index is 13.0. The molecule has 0 heterocycles. The van der Waals surface area contributed by atoms with Gasteiger partial charge in [0.05, 0.1) is 0 Å². The standard InChI is InChI=1S/C7H13F3O3Si/c1-4-12-14(11-3,13-5-2)7(10)6(8)9/h4-5H2,1-3H3. The van der Waals surface area contributed by atoms with Crippen molar-refractivity contribution < 1.29 is 26.4 Å². The van der Waals surface area contributed by atoms with Gasteiger partial charge in [0.2, 0.25) is 5.45 Å². The predicted molar refractivity (Wildman–Crippen MR) is 46.4 cm³/mol. The predicted octanol–water partition coefficient (Wildman–Crippen LogP) is 2.26. The fourth-order valence-corrected chi connectivity index (χ4v) is 2.61. The van der Waals surface area contributed by atoms with E-state index < -0.39 is 20.3 Å². The fourth-order valence-electron chi connectivity index (χ4n) is 0.872. The van der Waals surface area contributed by atoms with Crippen molar-refractivity contribution in [2.75, 3.05) is 20.3 Å². The second-order valence-electron chi connectivity index (χ2n) is 2.20. The number of rotatable bonds is 6. The first-order valence-corrected chi connectivity index (χ1v) is 5.80. The number of hydrogen-bond donors (Lipinski definition) is 0. The average molecular weight is 230 g/mol. The third kappa shape index (κ3) is 3.09. The van der Waals surface area contributed by atoms with Gasteiger partial charge in [-0.1, -0.05) is 0 Å². The van der Waals surface area contributed by atoms with Crippen LogP contribution >= 0.6 is 0 Å². The molecule has 0 radical (unpaired) electrons. The highest BCUT2D eigenvalue weighted by Crippen LogP contribution is 2.24. The Kier molecular flexibility index (Phi) is 6.01. The topological polar surface area (TPSA) is 27.7 Å². The zero-order valence-electron chi connectivity index (χ0n) is 8.27. The molecule has 0 fully saturated rings. The maximum absolute atomic E-state index is 13.0. The Balaban J connectivity index is 4.92. The van der Waals surface area contributed by atoms with E-state index in [0.29, 0.717) is 0 Å². The van der Waals surface area contributed by atoms with Gasteiger partial charge in [-0.05, 0) is 13.8 Å². The highest BCUT2D eigenvalue weighted by molar-refractivity contribution is 6.68. The van der Waals surface area contributed by atoms with Gasteiger partial charge in [-0.2, -0.15) is 8.78 Å². The first-order chi connectivity index (χ1) is 6.54. The Morgan fingerprint density at radius 3 is 1.71 bits per heavy atom. The summed E-state index contributed by atoms with van der Waals surface area (Å²) in [5.74, 6) is 0. The lowest BCUT2D eigenvalue weighted by Gasteiger charge is -2.24. The third-order valence-electron chi connectivity index (χ3n) is 1.37. The van der Waals surface area contributed by atoms with Crippen LogP contribution in [0.4, 0.5) is 13.2 Å². The van der Waals surface area contributed by atoms with Crippen LogP contribution in [-0.4, -0.2) is 29.1 Å². The molecule has 0 bridgehead atoms. The lowest BCUT2D eigenvalue weighted by molar-refractivity contribution is 0.0865. The summed E-state index contributed by atoms with van der Waals surface area (Å²) in [7, 11) is -2.89.